The molecule has 5 nitrogen and oxygen atoms in total. The zero-order valence-electron chi connectivity index (χ0n) is 13.9. The van der Waals surface area contributed by atoms with Crippen molar-refractivity contribution >= 4 is 0 Å². The van der Waals surface area contributed by atoms with Crippen LogP contribution in [0.1, 0.15) is 16.7 Å². The second-order valence-corrected chi connectivity index (χ2v) is 6.24. The Morgan fingerprint density at radius 1 is 1.09 bits per heavy atom. The van der Waals surface area contributed by atoms with Crippen molar-refractivity contribution in [3.05, 3.63) is 22.8 Å². The molecule has 2 aliphatic rings. The molecular formula is C17H27N3O2. The van der Waals surface area contributed by atoms with Crippen LogP contribution in [0, 0.1) is 0 Å². The van der Waals surface area contributed by atoms with Crippen LogP contribution in [0.3, 0.4) is 0 Å². The molecule has 5 heteroatoms. The van der Waals surface area contributed by atoms with Gasteiger partial charge in [-0.1, -0.05) is 0 Å². The van der Waals surface area contributed by atoms with Crippen molar-refractivity contribution in [1.29, 1.82) is 0 Å². The van der Waals surface area contributed by atoms with Crippen molar-refractivity contribution in [1.82, 2.24) is 15.1 Å². The number of likely N-dealkylation sites (N-methyl/N-ethyl adjacent to an activating group) is 1. The Bertz CT molecular complexity index is 527. The molecule has 122 valence electrons. The van der Waals surface area contributed by atoms with Crippen LogP contribution in [0.4, 0.5) is 0 Å². The lowest BCUT2D eigenvalue weighted by Gasteiger charge is -2.31. The van der Waals surface area contributed by atoms with Crippen molar-refractivity contribution < 1.29 is 9.47 Å². The highest BCUT2D eigenvalue weighted by Gasteiger charge is 2.25. The molecule has 0 aromatic heterocycles. The van der Waals surface area contributed by atoms with Gasteiger partial charge in [0.1, 0.15) is 11.5 Å². The van der Waals surface area contributed by atoms with E-state index in [2.05, 4.69) is 28.2 Å². The Morgan fingerprint density at radius 2 is 1.86 bits per heavy atom. The van der Waals surface area contributed by atoms with Gasteiger partial charge in [0, 0.05) is 62.5 Å². The first-order chi connectivity index (χ1) is 10.7. The van der Waals surface area contributed by atoms with Crippen molar-refractivity contribution in [2.24, 2.45) is 0 Å². The van der Waals surface area contributed by atoms with Crippen LogP contribution in [0.2, 0.25) is 0 Å². The maximum absolute atomic E-state index is 5.80. The third-order valence-corrected chi connectivity index (χ3v) is 4.73. The molecule has 0 atom stereocenters. The molecule has 1 N–H and O–H groups in total. The maximum Gasteiger partial charge on any atom is 0.127 e. The Balaban J connectivity index is 1.95. The highest BCUT2D eigenvalue weighted by atomic mass is 16.5. The van der Waals surface area contributed by atoms with Gasteiger partial charge in [0.2, 0.25) is 0 Å². The molecular weight excluding hydrogens is 278 g/mol. The van der Waals surface area contributed by atoms with E-state index >= 15 is 0 Å². The highest BCUT2D eigenvalue weighted by Crippen LogP contribution is 2.38. The summed E-state index contributed by atoms with van der Waals surface area (Å²) in [5, 5.41) is 3.40. The number of nitrogens with zero attached hydrogens (tertiary/aromatic N) is 2. The minimum Gasteiger partial charge on any atom is -0.496 e. The quantitative estimate of drug-likeness (QED) is 0.901. The molecule has 2 aliphatic heterocycles. The van der Waals surface area contributed by atoms with Gasteiger partial charge in [-0.15, -0.1) is 0 Å². The van der Waals surface area contributed by atoms with Gasteiger partial charge in [0.25, 0.3) is 0 Å². The third kappa shape index (κ3) is 3.07. The third-order valence-electron chi connectivity index (χ3n) is 4.73. The Morgan fingerprint density at radius 3 is 2.55 bits per heavy atom. The number of hydrogen-bond acceptors (Lipinski definition) is 5. The Labute approximate surface area is 133 Å². The Hall–Kier alpha value is -1.30. The minimum atomic E-state index is 0.933. The van der Waals surface area contributed by atoms with Crippen molar-refractivity contribution in [2.45, 2.75) is 19.5 Å². The predicted molar refractivity (Wildman–Crippen MR) is 87.7 cm³/mol. The molecule has 22 heavy (non-hydrogen) atoms. The first-order valence-electron chi connectivity index (χ1n) is 8.10. The molecule has 0 saturated carbocycles. The van der Waals surface area contributed by atoms with E-state index in [0.717, 1.165) is 63.7 Å². The number of nitrogens with one attached hydrogen (secondary N) is 1. The van der Waals surface area contributed by atoms with Crippen molar-refractivity contribution in [2.75, 3.05) is 54.0 Å². The summed E-state index contributed by atoms with van der Waals surface area (Å²) in [6.45, 7) is 7.25. The average molecular weight is 305 g/mol. The highest BCUT2D eigenvalue weighted by molar-refractivity contribution is 5.54. The zero-order valence-corrected chi connectivity index (χ0v) is 13.9. The molecule has 2 heterocycles. The predicted octanol–water partition coefficient (Wildman–Crippen LogP) is 1.10. The lowest BCUT2D eigenvalue weighted by molar-refractivity contribution is 0.228. The van der Waals surface area contributed by atoms with Crippen LogP contribution in [-0.4, -0.2) is 63.8 Å². The topological polar surface area (TPSA) is 37.0 Å². The van der Waals surface area contributed by atoms with Crippen LogP contribution in [-0.2, 0) is 19.5 Å². The van der Waals surface area contributed by atoms with E-state index in [9.17, 15) is 0 Å². The summed E-state index contributed by atoms with van der Waals surface area (Å²) in [7, 11) is 5.72. The number of rotatable bonds is 4. The van der Waals surface area contributed by atoms with E-state index in [0.29, 0.717) is 0 Å². The van der Waals surface area contributed by atoms with Crippen LogP contribution >= 0.6 is 0 Å². The summed E-state index contributed by atoms with van der Waals surface area (Å²) < 4.78 is 11.5. The lowest BCUT2D eigenvalue weighted by Crippen LogP contribution is -2.43. The van der Waals surface area contributed by atoms with Crippen molar-refractivity contribution in [3.63, 3.8) is 0 Å². The first-order valence-corrected chi connectivity index (χ1v) is 8.10. The van der Waals surface area contributed by atoms with Gasteiger partial charge in [0.15, 0.2) is 0 Å². The smallest absolute Gasteiger partial charge is 0.127 e. The molecule has 0 radical (unpaired) electrons. The lowest BCUT2D eigenvalue weighted by atomic mass is 9.94. The van der Waals surface area contributed by atoms with E-state index in [1.807, 2.05) is 0 Å². The molecule has 0 bridgehead atoms. The summed E-state index contributed by atoms with van der Waals surface area (Å²) in [4.78, 5) is 4.81. The summed E-state index contributed by atoms with van der Waals surface area (Å²) in [6.07, 6.45) is 1.03. The van der Waals surface area contributed by atoms with E-state index in [1.54, 1.807) is 14.2 Å². The second-order valence-electron chi connectivity index (χ2n) is 6.24. The van der Waals surface area contributed by atoms with Gasteiger partial charge >= 0.3 is 0 Å². The normalized spacial score (nSPS) is 19.8. The van der Waals surface area contributed by atoms with Crippen LogP contribution in [0.25, 0.3) is 0 Å². The van der Waals surface area contributed by atoms with Crippen LogP contribution < -0.4 is 14.8 Å². The number of hydrogen-bond donors (Lipinski definition) is 1. The van der Waals surface area contributed by atoms with E-state index in [4.69, 9.17) is 9.47 Å². The van der Waals surface area contributed by atoms with Gasteiger partial charge in [-0.3, -0.25) is 4.90 Å². The summed E-state index contributed by atoms with van der Waals surface area (Å²) in [5.74, 6) is 2.08. The standard InChI is InChI=1S/C17H27N3O2/c1-19-7-4-14-15(12-19)16(21-2)10-13(17(14)22-3)11-20-8-5-18-6-9-20/h10,18H,4-9,11-12H2,1-3H3. The average Bonchev–Trinajstić information content (AvgIpc) is 2.55. The minimum absolute atomic E-state index is 0.933. The molecule has 0 aliphatic carbocycles. The van der Waals surface area contributed by atoms with Gasteiger partial charge in [-0.25, -0.2) is 0 Å². The van der Waals surface area contributed by atoms with E-state index < -0.39 is 0 Å². The molecule has 1 aromatic carbocycles. The number of fused-ring (bicyclic) bond motifs is 1. The SMILES string of the molecule is COc1cc(CN2CCNCC2)c(OC)c2c1CN(C)CC2. The van der Waals surface area contributed by atoms with E-state index in [-0.39, 0.29) is 0 Å². The second kappa shape index (κ2) is 6.86. The van der Waals surface area contributed by atoms with Gasteiger partial charge in [0.05, 0.1) is 14.2 Å². The molecule has 0 amide bonds. The zero-order chi connectivity index (χ0) is 15.5. The Kier molecular flexibility index (Phi) is 4.86. The van der Waals surface area contributed by atoms with Gasteiger partial charge < -0.3 is 19.7 Å². The number of piperazine rings is 1. The maximum atomic E-state index is 5.80. The fourth-order valence-corrected chi connectivity index (χ4v) is 3.54. The van der Waals surface area contributed by atoms with Gasteiger partial charge in [-0.2, -0.15) is 0 Å². The molecule has 3 rings (SSSR count). The molecule has 1 fully saturated rings. The number of ether oxygens (including phenoxy) is 2. The molecule has 0 unspecified atom stereocenters. The molecule has 0 spiro atoms. The molecule has 1 saturated heterocycles. The summed E-state index contributed by atoms with van der Waals surface area (Å²) in [5.41, 5.74) is 3.88. The first kappa shape index (κ1) is 15.6. The van der Waals surface area contributed by atoms with Crippen molar-refractivity contribution in [3.8, 4) is 11.5 Å². The summed E-state index contributed by atoms with van der Waals surface area (Å²) in [6, 6.07) is 2.18. The number of methoxy groups -OCH3 is 2. The van der Waals surface area contributed by atoms with Gasteiger partial charge in [-0.05, 0) is 19.5 Å². The van der Waals surface area contributed by atoms with Crippen LogP contribution in [0.5, 0.6) is 11.5 Å². The number of benzene rings is 1. The molecule has 1 aromatic rings. The fourth-order valence-electron chi connectivity index (χ4n) is 3.54. The monoisotopic (exact) mass is 305 g/mol. The summed E-state index contributed by atoms with van der Waals surface area (Å²) >= 11 is 0. The largest absolute Gasteiger partial charge is 0.496 e. The van der Waals surface area contributed by atoms with Crippen LogP contribution in [0.15, 0.2) is 6.07 Å². The van der Waals surface area contributed by atoms with E-state index in [1.165, 1.54) is 16.7 Å². The fraction of sp³-hybridized carbons (Fsp3) is 0.647.